The first-order valence-corrected chi connectivity index (χ1v) is 8.73. The number of aromatic nitrogens is 1. The molecule has 1 atom stereocenters. The number of hydrogen-bond acceptors (Lipinski definition) is 1. The van der Waals surface area contributed by atoms with Crippen LogP contribution in [0.3, 0.4) is 0 Å². The van der Waals surface area contributed by atoms with Crippen molar-refractivity contribution in [3.8, 4) is 0 Å². The molecular formula is C20H27N3O. The molecule has 0 radical (unpaired) electrons. The molecule has 2 amide bonds. The molecule has 1 aliphatic rings. The number of benzene rings is 1. The Bertz CT molecular complexity index is 715. The fourth-order valence-electron chi connectivity index (χ4n) is 3.57. The van der Waals surface area contributed by atoms with Crippen LogP contribution in [0.5, 0.6) is 0 Å². The lowest BCUT2D eigenvalue weighted by Crippen LogP contribution is -2.48. The van der Waals surface area contributed by atoms with Crippen LogP contribution in [0.1, 0.15) is 42.4 Å². The molecule has 0 spiro atoms. The zero-order valence-electron chi connectivity index (χ0n) is 15.0. The fraction of sp³-hybridized carbons (Fsp3) is 0.450. The highest BCUT2D eigenvalue weighted by atomic mass is 16.2. The smallest absolute Gasteiger partial charge is 0.318 e. The van der Waals surface area contributed by atoms with E-state index in [-0.39, 0.29) is 12.1 Å². The largest absolute Gasteiger partial charge is 0.345 e. The van der Waals surface area contributed by atoms with Gasteiger partial charge in [0.25, 0.3) is 0 Å². The molecule has 2 heterocycles. The highest BCUT2D eigenvalue weighted by Crippen LogP contribution is 2.33. The Morgan fingerprint density at radius 3 is 2.50 bits per heavy atom. The summed E-state index contributed by atoms with van der Waals surface area (Å²) < 4.78 is 2.34. The van der Waals surface area contributed by atoms with E-state index >= 15 is 0 Å². The molecule has 0 unspecified atom stereocenters. The quantitative estimate of drug-likeness (QED) is 0.909. The maximum Gasteiger partial charge on any atom is 0.318 e. The van der Waals surface area contributed by atoms with E-state index in [1.165, 1.54) is 17.0 Å². The normalized spacial score (nSPS) is 17.0. The van der Waals surface area contributed by atoms with Crippen molar-refractivity contribution in [2.45, 2.75) is 46.8 Å². The second-order valence-electron chi connectivity index (χ2n) is 7.08. The van der Waals surface area contributed by atoms with Crippen LogP contribution in [-0.4, -0.2) is 22.0 Å². The highest BCUT2D eigenvalue weighted by Gasteiger charge is 2.33. The number of urea groups is 1. The van der Waals surface area contributed by atoms with Gasteiger partial charge in [0.15, 0.2) is 0 Å². The molecule has 0 aliphatic carbocycles. The number of fused-ring (bicyclic) bond motifs is 1. The van der Waals surface area contributed by atoms with E-state index in [2.05, 4.69) is 74.0 Å². The standard InChI is InChI=1S/C20H27N3O/c1-14(2)19-18-10-7-16(4)22(18)11-12-23(19)20(24)21-13-17-8-5-15(3)6-9-17/h5-10,14,19H,11-13H2,1-4H3,(H,21,24)/t19-/m1/s1. The SMILES string of the molecule is Cc1ccc(CNC(=O)N2CCn3c(C)ccc3[C@H]2C(C)C)cc1. The average molecular weight is 325 g/mol. The van der Waals surface area contributed by atoms with Gasteiger partial charge in [-0.3, -0.25) is 0 Å². The van der Waals surface area contributed by atoms with E-state index in [4.69, 9.17) is 0 Å². The van der Waals surface area contributed by atoms with E-state index in [0.29, 0.717) is 12.5 Å². The highest BCUT2D eigenvalue weighted by molar-refractivity contribution is 5.75. The zero-order chi connectivity index (χ0) is 17.3. The topological polar surface area (TPSA) is 37.3 Å². The molecule has 0 saturated carbocycles. The molecule has 4 heteroatoms. The molecular weight excluding hydrogens is 298 g/mol. The second kappa shape index (κ2) is 6.71. The van der Waals surface area contributed by atoms with Gasteiger partial charge < -0.3 is 14.8 Å². The van der Waals surface area contributed by atoms with Crippen LogP contribution in [0.2, 0.25) is 0 Å². The fourth-order valence-corrected chi connectivity index (χ4v) is 3.57. The number of carbonyl (C=O) groups is 1. The van der Waals surface area contributed by atoms with Crippen molar-refractivity contribution < 1.29 is 4.79 Å². The van der Waals surface area contributed by atoms with Gasteiger partial charge in [0.1, 0.15) is 0 Å². The van der Waals surface area contributed by atoms with Crippen LogP contribution >= 0.6 is 0 Å². The maximum absolute atomic E-state index is 12.8. The molecule has 1 N–H and O–H groups in total. The molecule has 24 heavy (non-hydrogen) atoms. The van der Waals surface area contributed by atoms with Crippen molar-refractivity contribution in [2.24, 2.45) is 5.92 Å². The predicted molar refractivity (Wildman–Crippen MR) is 96.9 cm³/mol. The van der Waals surface area contributed by atoms with Crippen LogP contribution < -0.4 is 5.32 Å². The summed E-state index contributed by atoms with van der Waals surface area (Å²) in [5.74, 6) is 0.378. The molecule has 2 aromatic rings. The van der Waals surface area contributed by atoms with Gasteiger partial charge in [-0.05, 0) is 37.5 Å². The summed E-state index contributed by atoms with van der Waals surface area (Å²) in [6.45, 7) is 10.8. The monoisotopic (exact) mass is 325 g/mol. The van der Waals surface area contributed by atoms with Crippen LogP contribution in [0.4, 0.5) is 4.79 Å². The van der Waals surface area contributed by atoms with Crippen molar-refractivity contribution in [3.63, 3.8) is 0 Å². The van der Waals surface area contributed by atoms with Crippen molar-refractivity contribution in [3.05, 3.63) is 58.9 Å². The van der Waals surface area contributed by atoms with Crippen molar-refractivity contribution in [1.29, 1.82) is 0 Å². The molecule has 1 aromatic heterocycles. The summed E-state index contributed by atoms with van der Waals surface area (Å²) in [7, 11) is 0. The summed E-state index contributed by atoms with van der Waals surface area (Å²) in [6, 6.07) is 12.8. The van der Waals surface area contributed by atoms with Crippen molar-refractivity contribution in [2.75, 3.05) is 6.54 Å². The Morgan fingerprint density at radius 2 is 1.83 bits per heavy atom. The Morgan fingerprint density at radius 1 is 1.12 bits per heavy atom. The van der Waals surface area contributed by atoms with Crippen molar-refractivity contribution >= 4 is 6.03 Å². The molecule has 0 bridgehead atoms. The molecule has 1 aliphatic heterocycles. The molecule has 4 nitrogen and oxygen atoms in total. The number of rotatable bonds is 3. The molecule has 0 fully saturated rings. The van der Waals surface area contributed by atoms with Crippen LogP contribution in [0.25, 0.3) is 0 Å². The first-order valence-electron chi connectivity index (χ1n) is 8.73. The van der Waals surface area contributed by atoms with Gasteiger partial charge in [0.2, 0.25) is 0 Å². The van der Waals surface area contributed by atoms with E-state index in [9.17, 15) is 4.79 Å². The molecule has 3 rings (SSSR count). The number of nitrogens with zero attached hydrogens (tertiary/aromatic N) is 2. The zero-order valence-corrected chi connectivity index (χ0v) is 15.0. The van der Waals surface area contributed by atoms with Crippen LogP contribution in [-0.2, 0) is 13.1 Å². The Balaban J connectivity index is 1.73. The maximum atomic E-state index is 12.8. The lowest BCUT2D eigenvalue weighted by atomic mass is 9.97. The van der Waals surface area contributed by atoms with Gasteiger partial charge in [0, 0.05) is 31.0 Å². The van der Waals surface area contributed by atoms with Gasteiger partial charge in [-0.1, -0.05) is 43.7 Å². The summed E-state index contributed by atoms with van der Waals surface area (Å²) in [5.41, 5.74) is 4.89. The number of amides is 2. The van der Waals surface area contributed by atoms with E-state index in [0.717, 1.165) is 18.7 Å². The summed E-state index contributed by atoms with van der Waals surface area (Å²) in [6.07, 6.45) is 0. The van der Waals surface area contributed by atoms with Crippen LogP contribution in [0, 0.1) is 19.8 Å². The molecule has 1 aromatic carbocycles. The van der Waals surface area contributed by atoms with Gasteiger partial charge in [-0.25, -0.2) is 4.79 Å². The van der Waals surface area contributed by atoms with Crippen molar-refractivity contribution in [1.82, 2.24) is 14.8 Å². The van der Waals surface area contributed by atoms with Gasteiger partial charge in [-0.15, -0.1) is 0 Å². The van der Waals surface area contributed by atoms with Gasteiger partial charge in [0.05, 0.1) is 6.04 Å². The lowest BCUT2D eigenvalue weighted by Gasteiger charge is -2.39. The van der Waals surface area contributed by atoms with E-state index in [1.54, 1.807) is 0 Å². The minimum Gasteiger partial charge on any atom is -0.345 e. The molecule has 128 valence electrons. The predicted octanol–water partition coefficient (Wildman–Crippen LogP) is 4.03. The summed E-state index contributed by atoms with van der Waals surface area (Å²) >= 11 is 0. The van der Waals surface area contributed by atoms with E-state index < -0.39 is 0 Å². The minimum atomic E-state index is 0.0272. The number of carbonyl (C=O) groups excluding carboxylic acids is 1. The number of hydrogen-bond donors (Lipinski definition) is 1. The Kier molecular flexibility index (Phi) is 4.65. The number of nitrogens with one attached hydrogen (secondary N) is 1. The average Bonchev–Trinajstić information content (AvgIpc) is 2.94. The van der Waals surface area contributed by atoms with Crippen LogP contribution in [0.15, 0.2) is 36.4 Å². The second-order valence-corrected chi connectivity index (χ2v) is 7.08. The number of aryl methyl sites for hydroxylation is 2. The lowest BCUT2D eigenvalue weighted by molar-refractivity contribution is 0.132. The minimum absolute atomic E-state index is 0.0272. The first-order chi connectivity index (χ1) is 11.5. The Hall–Kier alpha value is -2.23. The molecule has 0 saturated heterocycles. The van der Waals surface area contributed by atoms with Gasteiger partial charge >= 0.3 is 6.03 Å². The summed E-state index contributed by atoms with van der Waals surface area (Å²) in [4.78, 5) is 14.8. The first kappa shape index (κ1) is 16.6. The third-order valence-corrected chi connectivity index (χ3v) is 4.89. The summed E-state index contributed by atoms with van der Waals surface area (Å²) in [5, 5.41) is 3.09. The van der Waals surface area contributed by atoms with E-state index in [1.807, 2.05) is 4.90 Å². The Labute approximate surface area is 144 Å². The third kappa shape index (κ3) is 3.18. The third-order valence-electron chi connectivity index (χ3n) is 4.89. The van der Waals surface area contributed by atoms with Gasteiger partial charge in [-0.2, -0.15) is 0 Å².